The minimum absolute atomic E-state index is 0. The van der Waals surface area contributed by atoms with Crippen molar-refractivity contribution in [1.82, 2.24) is 5.32 Å². The van der Waals surface area contributed by atoms with Gasteiger partial charge in [0.2, 0.25) is 0 Å². The number of halogens is 1. The van der Waals surface area contributed by atoms with E-state index in [1.54, 1.807) is 0 Å². The lowest BCUT2D eigenvalue weighted by molar-refractivity contribution is 0.00721. The van der Waals surface area contributed by atoms with Crippen molar-refractivity contribution in [2.75, 3.05) is 19.9 Å². The molecular weight excluding hydrogens is 138 g/mol. The predicted molar refractivity (Wildman–Crippen MR) is 39.9 cm³/mol. The minimum atomic E-state index is 0. The first-order chi connectivity index (χ1) is 3.71. The Morgan fingerprint density at radius 2 is 2.11 bits per heavy atom. The van der Waals surface area contributed by atoms with Crippen LogP contribution in [-0.2, 0) is 4.74 Å². The number of rotatable bonds is 0. The smallest absolute Gasteiger partial charge is 0.0965 e. The van der Waals surface area contributed by atoms with Crippen molar-refractivity contribution in [1.29, 1.82) is 0 Å². The Morgan fingerprint density at radius 3 is 2.33 bits per heavy atom. The van der Waals surface area contributed by atoms with E-state index >= 15 is 0 Å². The average Bonchev–Trinajstić information content (AvgIpc) is 1.65. The van der Waals surface area contributed by atoms with Crippen molar-refractivity contribution >= 4 is 12.4 Å². The molecule has 0 aliphatic carbocycles. The highest BCUT2D eigenvalue weighted by Gasteiger charge is 2.20. The van der Waals surface area contributed by atoms with Crippen LogP contribution in [0.25, 0.3) is 0 Å². The first-order valence-electron chi connectivity index (χ1n) is 2.99. The van der Waals surface area contributed by atoms with Crippen molar-refractivity contribution in [3.05, 3.63) is 0 Å². The molecule has 0 unspecified atom stereocenters. The molecule has 1 rings (SSSR count). The summed E-state index contributed by atoms with van der Waals surface area (Å²) in [6, 6.07) is 0. The highest BCUT2D eigenvalue weighted by atomic mass is 35.5. The molecule has 2 nitrogen and oxygen atoms in total. The highest BCUT2D eigenvalue weighted by molar-refractivity contribution is 5.85. The van der Waals surface area contributed by atoms with Gasteiger partial charge in [0.25, 0.3) is 0 Å². The van der Waals surface area contributed by atoms with E-state index in [2.05, 4.69) is 19.2 Å². The van der Waals surface area contributed by atoms with Gasteiger partial charge in [0.15, 0.2) is 0 Å². The molecule has 0 aromatic heterocycles. The van der Waals surface area contributed by atoms with Crippen LogP contribution in [0, 0.1) is 5.41 Å². The monoisotopic (exact) mass is 151 g/mol. The van der Waals surface area contributed by atoms with Gasteiger partial charge in [0, 0.05) is 12.0 Å². The lowest BCUT2D eigenvalue weighted by Crippen LogP contribution is -2.40. The second kappa shape index (κ2) is 3.40. The molecule has 1 heterocycles. The third kappa shape index (κ3) is 3.04. The normalized spacial score (nSPS) is 24.7. The molecule has 0 atom stereocenters. The van der Waals surface area contributed by atoms with Gasteiger partial charge in [-0.3, -0.25) is 5.32 Å². The molecule has 1 aliphatic rings. The molecule has 1 N–H and O–H groups in total. The number of ether oxygens (including phenoxy) is 1. The van der Waals surface area contributed by atoms with Gasteiger partial charge >= 0.3 is 0 Å². The van der Waals surface area contributed by atoms with E-state index < -0.39 is 0 Å². The molecule has 0 bridgehead atoms. The fourth-order valence-electron chi connectivity index (χ4n) is 0.840. The topological polar surface area (TPSA) is 21.3 Å². The zero-order chi connectivity index (χ0) is 6.04. The Balaban J connectivity index is 0.000000640. The molecule has 1 saturated heterocycles. The summed E-state index contributed by atoms with van der Waals surface area (Å²) in [5, 5.41) is 3.15. The molecule has 0 aromatic rings. The summed E-state index contributed by atoms with van der Waals surface area (Å²) in [6.07, 6.45) is 0. The van der Waals surface area contributed by atoms with Crippen LogP contribution < -0.4 is 5.32 Å². The molecule has 3 heteroatoms. The Morgan fingerprint density at radius 1 is 1.44 bits per heavy atom. The maximum absolute atomic E-state index is 5.17. The zero-order valence-corrected chi connectivity index (χ0v) is 6.75. The van der Waals surface area contributed by atoms with E-state index in [1.807, 2.05) is 0 Å². The van der Waals surface area contributed by atoms with Gasteiger partial charge < -0.3 is 4.74 Å². The second-order valence-corrected chi connectivity index (χ2v) is 3.08. The van der Waals surface area contributed by atoms with Crippen molar-refractivity contribution in [3.8, 4) is 0 Å². The molecule has 1 aliphatic heterocycles. The predicted octanol–water partition coefficient (Wildman–Crippen LogP) is 1.01. The molecule has 56 valence electrons. The van der Waals surface area contributed by atoms with Crippen LogP contribution in [0.15, 0.2) is 0 Å². The Hall–Kier alpha value is 0.210. The summed E-state index contributed by atoms with van der Waals surface area (Å²) in [4.78, 5) is 0. The van der Waals surface area contributed by atoms with Crippen LogP contribution in [0.4, 0.5) is 0 Å². The van der Waals surface area contributed by atoms with Crippen LogP contribution >= 0.6 is 12.4 Å². The maximum atomic E-state index is 5.17. The molecule has 0 radical (unpaired) electrons. The Kier molecular flexibility index (Phi) is 3.48. The summed E-state index contributed by atoms with van der Waals surface area (Å²) < 4.78 is 5.17. The van der Waals surface area contributed by atoms with Gasteiger partial charge in [0.05, 0.1) is 13.3 Å². The standard InChI is InChI=1S/C6H13NO.ClH/c1-6(2)3-7-5-8-4-6;/h7H,3-5H2,1-2H3;1H. The number of hydrogen-bond acceptors (Lipinski definition) is 2. The van der Waals surface area contributed by atoms with Crippen molar-refractivity contribution in [2.45, 2.75) is 13.8 Å². The third-order valence-corrected chi connectivity index (χ3v) is 1.30. The molecular formula is C6H14ClNO. The quantitative estimate of drug-likeness (QED) is 0.558. The summed E-state index contributed by atoms with van der Waals surface area (Å²) in [6.45, 7) is 7.08. The van der Waals surface area contributed by atoms with Gasteiger partial charge in [-0.25, -0.2) is 0 Å². The molecule has 0 spiro atoms. The van der Waals surface area contributed by atoms with Gasteiger partial charge in [-0.15, -0.1) is 12.4 Å². The lowest BCUT2D eigenvalue weighted by Gasteiger charge is -2.29. The molecule has 9 heavy (non-hydrogen) atoms. The molecule has 0 saturated carbocycles. The van der Waals surface area contributed by atoms with E-state index in [9.17, 15) is 0 Å². The number of hydrogen-bond donors (Lipinski definition) is 1. The van der Waals surface area contributed by atoms with E-state index in [4.69, 9.17) is 4.74 Å². The SMILES string of the molecule is CC1(C)CNCOC1.Cl. The van der Waals surface area contributed by atoms with Gasteiger partial charge in [-0.05, 0) is 0 Å². The van der Waals surface area contributed by atoms with Gasteiger partial charge in [0.1, 0.15) is 0 Å². The van der Waals surface area contributed by atoms with Crippen LogP contribution in [0.5, 0.6) is 0 Å². The van der Waals surface area contributed by atoms with Gasteiger partial charge in [-0.2, -0.15) is 0 Å². The van der Waals surface area contributed by atoms with E-state index in [-0.39, 0.29) is 12.4 Å². The summed E-state index contributed by atoms with van der Waals surface area (Å²) in [5.41, 5.74) is 0.345. The minimum Gasteiger partial charge on any atom is -0.366 e. The summed E-state index contributed by atoms with van der Waals surface area (Å²) in [7, 11) is 0. The third-order valence-electron chi connectivity index (χ3n) is 1.30. The van der Waals surface area contributed by atoms with Crippen molar-refractivity contribution in [2.24, 2.45) is 5.41 Å². The highest BCUT2D eigenvalue weighted by Crippen LogP contribution is 2.15. The van der Waals surface area contributed by atoms with E-state index in [0.29, 0.717) is 5.41 Å². The van der Waals surface area contributed by atoms with Crippen molar-refractivity contribution in [3.63, 3.8) is 0 Å². The van der Waals surface area contributed by atoms with Gasteiger partial charge in [-0.1, -0.05) is 13.8 Å². The fourth-order valence-corrected chi connectivity index (χ4v) is 0.840. The fraction of sp³-hybridized carbons (Fsp3) is 1.00. The Labute approximate surface area is 62.4 Å². The summed E-state index contributed by atoms with van der Waals surface area (Å²) in [5.74, 6) is 0. The van der Waals surface area contributed by atoms with Crippen molar-refractivity contribution < 1.29 is 4.74 Å². The molecule has 0 aromatic carbocycles. The largest absolute Gasteiger partial charge is 0.366 e. The second-order valence-electron chi connectivity index (χ2n) is 3.08. The van der Waals surface area contributed by atoms with Crippen LogP contribution in [-0.4, -0.2) is 19.9 Å². The van der Waals surface area contributed by atoms with E-state index in [1.165, 1.54) is 0 Å². The number of nitrogens with one attached hydrogen (secondary N) is 1. The van der Waals surface area contributed by atoms with Crippen LogP contribution in [0.1, 0.15) is 13.8 Å². The van der Waals surface area contributed by atoms with E-state index in [0.717, 1.165) is 19.9 Å². The van der Waals surface area contributed by atoms with Crippen LogP contribution in [0.3, 0.4) is 0 Å². The first-order valence-corrected chi connectivity index (χ1v) is 2.99. The lowest BCUT2D eigenvalue weighted by atomic mass is 9.94. The summed E-state index contributed by atoms with van der Waals surface area (Å²) >= 11 is 0. The molecule has 1 fully saturated rings. The zero-order valence-electron chi connectivity index (χ0n) is 5.94. The maximum Gasteiger partial charge on any atom is 0.0965 e. The molecule has 0 amide bonds. The Bertz CT molecular complexity index is 77.1. The first kappa shape index (κ1) is 9.21. The average molecular weight is 152 g/mol. The van der Waals surface area contributed by atoms with Crippen LogP contribution in [0.2, 0.25) is 0 Å².